The number of nitrogens with one attached hydrogen (secondary N) is 1. The highest BCUT2D eigenvalue weighted by molar-refractivity contribution is 7.89. The average Bonchev–Trinajstić information content (AvgIpc) is 2.11. The van der Waals surface area contributed by atoms with Crippen molar-refractivity contribution in [3.8, 4) is 0 Å². The van der Waals surface area contributed by atoms with Gasteiger partial charge < -0.3 is 5.11 Å². The number of halogens is 3. The van der Waals surface area contributed by atoms with E-state index in [1.807, 2.05) is 0 Å². The minimum Gasteiger partial charge on any atom is -0.395 e. The molecule has 0 radical (unpaired) electrons. The zero-order valence-corrected chi connectivity index (χ0v) is 9.74. The molecule has 0 saturated carbocycles. The van der Waals surface area contributed by atoms with Crippen LogP contribution < -0.4 is 4.72 Å². The highest BCUT2D eigenvalue weighted by Crippen LogP contribution is 2.21. The second-order valence-electron chi connectivity index (χ2n) is 3.44. The maximum Gasteiger partial charge on any atom is 0.389 e. The molecule has 0 spiro atoms. The van der Waals surface area contributed by atoms with E-state index in [0.29, 0.717) is 6.42 Å². The van der Waals surface area contributed by atoms with E-state index >= 15 is 0 Å². The van der Waals surface area contributed by atoms with Crippen LogP contribution in [0.3, 0.4) is 0 Å². The van der Waals surface area contributed by atoms with E-state index in [2.05, 4.69) is 4.72 Å². The second-order valence-corrected chi connectivity index (χ2v) is 5.32. The Kier molecular flexibility index (Phi) is 6.27. The van der Waals surface area contributed by atoms with E-state index in [4.69, 9.17) is 5.11 Å². The number of sulfonamides is 1. The predicted octanol–water partition coefficient (Wildman–Crippen LogP) is 1.02. The first kappa shape index (κ1) is 15.7. The fraction of sp³-hybridized carbons (Fsp3) is 1.00. The monoisotopic (exact) mass is 263 g/mol. The molecule has 0 aliphatic carbocycles. The predicted molar refractivity (Wildman–Crippen MR) is 53.4 cm³/mol. The van der Waals surface area contributed by atoms with E-state index in [1.54, 1.807) is 6.92 Å². The number of hydrogen-bond donors (Lipinski definition) is 2. The Morgan fingerprint density at radius 1 is 1.38 bits per heavy atom. The fourth-order valence-electron chi connectivity index (χ4n) is 1.03. The van der Waals surface area contributed by atoms with Gasteiger partial charge in [0, 0.05) is 12.5 Å². The summed E-state index contributed by atoms with van der Waals surface area (Å²) in [6.07, 6.45) is -5.55. The summed E-state index contributed by atoms with van der Waals surface area (Å²) in [7, 11) is -3.74. The molecule has 16 heavy (non-hydrogen) atoms. The van der Waals surface area contributed by atoms with Gasteiger partial charge in [-0.05, 0) is 12.8 Å². The summed E-state index contributed by atoms with van der Waals surface area (Å²) >= 11 is 0. The Hall–Kier alpha value is -0.340. The van der Waals surface area contributed by atoms with Crippen LogP contribution in [-0.4, -0.2) is 38.1 Å². The summed E-state index contributed by atoms with van der Waals surface area (Å²) < 4.78 is 60.0. The number of aliphatic hydroxyl groups is 1. The quantitative estimate of drug-likeness (QED) is 0.720. The van der Waals surface area contributed by atoms with Crippen LogP contribution in [0.15, 0.2) is 0 Å². The Labute approximate surface area is 92.9 Å². The summed E-state index contributed by atoms with van der Waals surface area (Å²) in [6.45, 7) is 1.30. The lowest BCUT2D eigenvalue weighted by molar-refractivity contribution is -0.134. The molecule has 2 N–H and O–H groups in total. The molecule has 4 nitrogen and oxygen atoms in total. The average molecular weight is 263 g/mol. The van der Waals surface area contributed by atoms with Gasteiger partial charge in [-0.3, -0.25) is 0 Å². The van der Waals surface area contributed by atoms with Gasteiger partial charge in [0.05, 0.1) is 12.4 Å². The van der Waals surface area contributed by atoms with E-state index in [1.165, 1.54) is 0 Å². The molecule has 98 valence electrons. The number of aliphatic hydroxyl groups excluding tert-OH is 1. The summed E-state index contributed by atoms with van der Waals surface area (Å²) in [5.41, 5.74) is 0. The fourth-order valence-corrected chi connectivity index (χ4v) is 2.42. The normalized spacial score (nSPS) is 15.1. The Morgan fingerprint density at radius 2 is 1.94 bits per heavy atom. The van der Waals surface area contributed by atoms with Gasteiger partial charge in [0.25, 0.3) is 0 Å². The van der Waals surface area contributed by atoms with Gasteiger partial charge in [-0.2, -0.15) is 13.2 Å². The molecule has 0 heterocycles. The SMILES string of the molecule is CC[C@H](CO)NS(=O)(=O)CCCC(F)(F)F. The Balaban J connectivity index is 4.06. The zero-order valence-electron chi connectivity index (χ0n) is 8.92. The molecule has 0 aromatic heterocycles. The minimum absolute atomic E-state index is 0.366. The molecule has 1 atom stereocenters. The van der Waals surface area contributed by atoms with Gasteiger partial charge in [-0.1, -0.05) is 6.92 Å². The molecular formula is C8H16F3NO3S. The standard InChI is InChI=1S/C8H16F3NO3S/c1-2-7(6-13)12-16(14,15)5-3-4-8(9,10)11/h7,12-13H,2-6H2,1H3/t7-/m1/s1. The van der Waals surface area contributed by atoms with Crippen molar-refractivity contribution in [3.05, 3.63) is 0 Å². The molecule has 8 heteroatoms. The van der Waals surface area contributed by atoms with Crippen LogP contribution in [0.2, 0.25) is 0 Å². The van der Waals surface area contributed by atoms with Crippen molar-refractivity contribution in [1.82, 2.24) is 4.72 Å². The molecule has 0 unspecified atom stereocenters. The summed E-state index contributed by atoms with van der Waals surface area (Å²) in [5, 5.41) is 8.74. The van der Waals surface area contributed by atoms with E-state index in [-0.39, 0.29) is 6.61 Å². The lowest BCUT2D eigenvalue weighted by atomic mass is 10.3. The first-order valence-electron chi connectivity index (χ1n) is 4.88. The van der Waals surface area contributed by atoms with Crippen LogP contribution in [0.1, 0.15) is 26.2 Å². The van der Waals surface area contributed by atoms with Gasteiger partial charge in [-0.25, -0.2) is 13.1 Å². The van der Waals surface area contributed by atoms with E-state index in [9.17, 15) is 21.6 Å². The summed E-state index contributed by atoms with van der Waals surface area (Å²) in [6, 6.07) is -0.629. The molecule has 0 aromatic carbocycles. The highest BCUT2D eigenvalue weighted by atomic mass is 32.2. The maximum atomic E-state index is 11.8. The third kappa shape index (κ3) is 7.89. The molecule has 0 aliphatic heterocycles. The van der Waals surface area contributed by atoms with Crippen LogP contribution in [0, 0.1) is 0 Å². The van der Waals surface area contributed by atoms with Crippen LogP contribution in [0.4, 0.5) is 13.2 Å². The van der Waals surface area contributed by atoms with Gasteiger partial charge in [0.15, 0.2) is 0 Å². The van der Waals surface area contributed by atoms with Crippen molar-refractivity contribution >= 4 is 10.0 Å². The number of rotatable bonds is 7. The van der Waals surface area contributed by atoms with Crippen molar-refractivity contribution in [1.29, 1.82) is 0 Å². The van der Waals surface area contributed by atoms with Crippen molar-refractivity contribution in [2.24, 2.45) is 0 Å². The van der Waals surface area contributed by atoms with E-state index < -0.39 is 40.8 Å². The molecule has 0 bridgehead atoms. The molecule has 0 amide bonds. The van der Waals surface area contributed by atoms with E-state index in [0.717, 1.165) is 0 Å². The summed E-state index contributed by atoms with van der Waals surface area (Å²) in [4.78, 5) is 0. The smallest absolute Gasteiger partial charge is 0.389 e. The van der Waals surface area contributed by atoms with Gasteiger partial charge >= 0.3 is 6.18 Å². The topological polar surface area (TPSA) is 66.4 Å². The van der Waals surface area contributed by atoms with Crippen molar-refractivity contribution in [2.45, 2.75) is 38.4 Å². The van der Waals surface area contributed by atoms with Gasteiger partial charge in [0.1, 0.15) is 0 Å². The minimum atomic E-state index is -4.34. The van der Waals surface area contributed by atoms with Crippen LogP contribution in [0.25, 0.3) is 0 Å². The Bertz CT molecular complexity index is 285. The largest absolute Gasteiger partial charge is 0.395 e. The number of hydrogen-bond acceptors (Lipinski definition) is 3. The maximum absolute atomic E-state index is 11.8. The molecule has 0 saturated heterocycles. The lowest BCUT2D eigenvalue weighted by Gasteiger charge is -2.14. The van der Waals surface area contributed by atoms with Crippen LogP contribution >= 0.6 is 0 Å². The zero-order chi connectivity index (χ0) is 12.8. The third-order valence-corrected chi connectivity index (χ3v) is 3.45. The molecule has 0 aromatic rings. The molecule has 0 aliphatic rings. The van der Waals surface area contributed by atoms with Crippen molar-refractivity contribution in [2.75, 3.05) is 12.4 Å². The number of alkyl halides is 3. The molecule has 0 fully saturated rings. The second kappa shape index (κ2) is 6.41. The van der Waals surface area contributed by atoms with Gasteiger partial charge in [-0.15, -0.1) is 0 Å². The first-order valence-corrected chi connectivity index (χ1v) is 6.53. The van der Waals surface area contributed by atoms with Gasteiger partial charge in [0.2, 0.25) is 10.0 Å². The highest BCUT2D eigenvalue weighted by Gasteiger charge is 2.27. The van der Waals surface area contributed by atoms with Crippen molar-refractivity contribution in [3.63, 3.8) is 0 Å². The van der Waals surface area contributed by atoms with Crippen LogP contribution in [-0.2, 0) is 10.0 Å². The lowest BCUT2D eigenvalue weighted by Crippen LogP contribution is -2.38. The van der Waals surface area contributed by atoms with Crippen LogP contribution in [0.5, 0.6) is 0 Å². The Morgan fingerprint density at radius 3 is 2.31 bits per heavy atom. The third-order valence-electron chi connectivity index (χ3n) is 1.93. The molecular weight excluding hydrogens is 247 g/mol. The molecule has 0 rings (SSSR count). The first-order chi connectivity index (χ1) is 7.20. The summed E-state index contributed by atoms with van der Waals surface area (Å²) in [5.74, 6) is -0.580. The van der Waals surface area contributed by atoms with Crippen molar-refractivity contribution < 1.29 is 26.7 Å².